The molecule has 3 atom stereocenters. The number of nitrogens with one attached hydrogen (secondary N) is 2. The van der Waals surface area contributed by atoms with Gasteiger partial charge in [0.15, 0.2) is 5.13 Å². The zero-order chi connectivity index (χ0) is 21.2. The van der Waals surface area contributed by atoms with Gasteiger partial charge < -0.3 is 20.3 Å². The van der Waals surface area contributed by atoms with Crippen molar-refractivity contribution < 1.29 is 14.7 Å². The van der Waals surface area contributed by atoms with Gasteiger partial charge in [-0.05, 0) is 19.8 Å². The van der Waals surface area contributed by atoms with Gasteiger partial charge >= 0.3 is 5.97 Å². The molecule has 3 heterocycles. The fourth-order valence-corrected chi connectivity index (χ4v) is 6.36. The summed E-state index contributed by atoms with van der Waals surface area (Å²) in [5.74, 6) is -0.178. The summed E-state index contributed by atoms with van der Waals surface area (Å²) >= 11 is 13.5. The molecule has 3 N–H and O–H groups in total. The standard InChI is InChI=1S/C20H22Cl2N4O3S/c1-8-12(21)13(22)16(23-8)18(27)24-15-10-6-26(7-11(10)15)20-25-14(9-4-2-3-5-9)17(30-20)19(28)29/h9-11,15,23H,2-7H2,1H3,(H,24,27)(H,28,29)/t10-,11+,15?. The molecule has 5 rings (SSSR count). The number of nitrogens with zero attached hydrogens (tertiary/aromatic N) is 2. The summed E-state index contributed by atoms with van der Waals surface area (Å²) in [6.07, 6.45) is 4.32. The Morgan fingerprint density at radius 2 is 1.87 bits per heavy atom. The Morgan fingerprint density at radius 1 is 1.20 bits per heavy atom. The van der Waals surface area contributed by atoms with Crippen LogP contribution in [0.1, 0.15) is 63.1 Å². The van der Waals surface area contributed by atoms with Crippen LogP contribution in [0.15, 0.2) is 0 Å². The van der Waals surface area contributed by atoms with E-state index in [1.807, 2.05) is 0 Å². The van der Waals surface area contributed by atoms with Crippen molar-refractivity contribution in [3.63, 3.8) is 0 Å². The molecule has 0 spiro atoms. The molecule has 0 aromatic carbocycles. The second kappa shape index (κ2) is 7.43. The van der Waals surface area contributed by atoms with E-state index >= 15 is 0 Å². The number of carbonyl (C=O) groups excluding carboxylic acids is 1. The number of aromatic carboxylic acids is 1. The lowest BCUT2D eigenvalue weighted by molar-refractivity contribution is 0.0700. The summed E-state index contributed by atoms with van der Waals surface area (Å²) in [5.41, 5.74) is 1.73. The highest BCUT2D eigenvalue weighted by Gasteiger charge is 2.57. The number of H-pyrrole nitrogens is 1. The van der Waals surface area contributed by atoms with Crippen molar-refractivity contribution in [2.45, 2.75) is 44.6 Å². The quantitative estimate of drug-likeness (QED) is 0.607. The SMILES string of the molecule is Cc1[nH]c(C(=O)NC2[C@H]3CN(c4nc(C5CCCC5)c(C(=O)O)s4)C[C@@H]23)c(Cl)c1Cl. The molecular formula is C20H22Cl2N4O3S. The lowest BCUT2D eigenvalue weighted by Crippen LogP contribution is -2.34. The first kappa shape index (κ1) is 20.2. The van der Waals surface area contributed by atoms with Crippen LogP contribution < -0.4 is 10.2 Å². The van der Waals surface area contributed by atoms with Crippen molar-refractivity contribution in [1.29, 1.82) is 0 Å². The molecule has 7 nitrogen and oxygen atoms in total. The van der Waals surface area contributed by atoms with Crippen LogP contribution in [0, 0.1) is 18.8 Å². The highest BCUT2D eigenvalue weighted by molar-refractivity contribution is 7.17. The first-order chi connectivity index (χ1) is 14.3. The Hall–Kier alpha value is -1.77. The predicted molar refractivity (Wildman–Crippen MR) is 116 cm³/mol. The number of carboxylic acids is 1. The van der Waals surface area contributed by atoms with E-state index in [4.69, 9.17) is 28.2 Å². The topological polar surface area (TPSA) is 98.3 Å². The monoisotopic (exact) mass is 468 g/mol. The number of carbonyl (C=O) groups is 2. The van der Waals surface area contributed by atoms with Gasteiger partial charge in [0.1, 0.15) is 10.6 Å². The number of anilines is 1. The van der Waals surface area contributed by atoms with Crippen molar-refractivity contribution in [3.05, 3.63) is 32.0 Å². The minimum absolute atomic E-state index is 0.0976. The average molecular weight is 469 g/mol. The molecule has 0 bridgehead atoms. The van der Waals surface area contributed by atoms with E-state index in [9.17, 15) is 14.7 Å². The minimum Gasteiger partial charge on any atom is -0.477 e. The molecule has 1 aliphatic heterocycles. The maximum Gasteiger partial charge on any atom is 0.347 e. The number of amides is 1. The number of piperidine rings is 1. The molecule has 2 aromatic rings. The Morgan fingerprint density at radius 3 is 2.43 bits per heavy atom. The van der Waals surface area contributed by atoms with Gasteiger partial charge in [-0.25, -0.2) is 9.78 Å². The molecule has 3 fully saturated rings. The number of aromatic amines is 1. The molecular weight excluding hydrogens is 447 g/mol. The van der Waals surface area contributed by atoms with Crippen LogP contribution in [0.5, 0.6) is 0 Å². The number of aryl methyl sites for hydroxylation is 1. The number of carboxylic acid groups (broad SMARTS) is 1. The zero-order valence-corrected chi connectivity index (χ0v) is 18.7. The molecule has 30 heavy (non-hydrogen) atoms. The van der Waals surface area contributed by atoms with E-state index in [-0.39, 0.29) is 22.9 Å². The van der Waals surface area contributed by atoms with Gasteiger partial charge in [-0.2, -0.15) is 0 Å². The number of hydrogen-bond acceptors (Lipinski definition) is 5. The molecule has 1 saturated heterocycles. The average Bonchev–Trinajstić information content (AvgIpc) is 3.29. The van der Waals surface area contributed by atoms with E-state index in [2.05, 4.69) is 15.2 Å². The number of aromatic nitrogens is 2. The number of rotatable bonds is 5. The predicted octanol–water partition coefficient (Wildman–Crippen LogP) is 4.31. The van der Waals surface area contributed by atoms with Crippen molar-refractivity contribution in [2.24, 2.45) is 11.8 Å². The highest BCUT2D eigenvalue weighted by atomic mass is 35.5. The number of fused-ring (bicyclic) bond motifs is 1. The van der Waals surface area contributed by atoms with Crippen LogP contribution in [-0.4, -0.2) is 46.1 Å². The van der Waals surface area contributed by atoms with Crippen molar-refractivity contribution in [1.82, 2.24) is 15.3 Å². The lowest BCUT2D eigenvalue weighted by Gasteiger charge is -2.19. The van der Waals surface area contributed by atoms with Crippen LogP contribution in [-0.2, 0) is 0 Å². The normalized spacial score (nSPS) is 25.6. The van der Waals surface area contributed by atoms with Crippen molar-refractivity contribution in [3.8, 4) is 0 Å². The zero-order valence-electron chi connectivity index (χ0n) is 16.4. The Kier molecular flexibility index (Phi) is 4.99. The van der Waals surface area contributed by atoms with E-state index in [1.165, 1.54) is 11.3 Å². The summed E-state index contributed by atoms with van der Waals surface area (Å²) in [4.78, 5) is 34.5. The number of hydrogen-bond donors (Lipinski definition) is 3. The summed E-state index contributed by atoms with van der Waals surface area (Å²) in [7, 11) is 0. The fraction of sp³-hybridized carbons (Fsp3) is 0.550. The summed E-state index contributed by atoms with van der Waals surface area (Å²) in [5, 5.41) is 14.1. The largest absolute Gasteiger partial charge is 0.477 e. The molecule has 2 saturated carbocycles. The van der Waals surface area contributed by atoms with Crippen LogP contribution in [0.3, 0.4) is 0 Å². The van der Waals surface area contributed by atoms with Gasteiger partial charge in [-0.3, -0.25) is 4.79 Å². The summed E-state index contributed by atoms with van der Waals surface area (Å²) in [6, 6.07) is 0.0976. The first-order valence-electron chi connectivity index (χ1n) is 10.2. The van der Waals surface area contributed by atoms with Gasteiger partial charge in [0.05, 0.1) is 15.7 Å². The Bertz CT molecular complexity index is 1020. The fourth-order valence-electron chi connectivity index (χ4n) is 4.93. The van der Waals surface area contributed by atoms with Gasteiger partial charge in [0.2, 0.25) is 0 Å². The van der Waals surface area contributed by atoms with Gasteiger partial charge in [0.25, 0.3) is 5.91 Å². The molecule has 1 unspecified atom stereocenters. The van der Waals surface area contributed by atoms with Crippen LogP contribution in [0.2, 0.25) is 10.0 Å². The van der Waals surface area contributed by atoms with Crippen molar-refractivity contribution in [2.75, 3.05) is 18.0 Å². The van der Waals surface area contributed by atoms with Gasteiger partial charge in [-0.1, -0.05) is 47.4 Å². The number of halogens is 2. The van der Waals surface area contributed by atoms with Crippen molar-refractivity contribution >= 4 is 51.5 Å². The molecule has 160 valence electrons. The van der Waals surface area contributed by atoms with E-state index < -0.39 is 5.97 Å². The second-order valence-electron chi connectivity index (χ2n) is 8.48. The van der Waals surface area contributed by atoms with Crippen LogP contribution >= 0.6 is 34.5 Å². The minimum atomic E-state index is -0.882. The van der Waals surface area contributed by atoms with E-state index in [1.54, 1.807) is 6.92 Å². The van der Waals surface area contributed by atoms with Crippen LogP contribution in [0.4, 0.5) is 5.13 Å². The third-order valence-corrected chi connectivity index (χ3v) is 8.69. The smallest absolute Gasteiger partial charge is 0.347 e. The van der Waals surface area contributed by atoms with Gasteiger partial charge in [-0.15, -0.1) is 0 Å². The third kappa shape index (κ3) is 3.29. The second-order valence-corrected chi connectivity index (χ2v) is 10.2. The summed E-state index contributed by atoms with van der Waals surface area (Å²) < 4.78 is 0. The molecule has 2 aromatic heterocycles. The Balaban J connectivity index is 1.24. The maximum absolute atomic E-state index is 12.6. The lowest BCUT2D eigenvalue weighted by atomic mass is 10.0. The first-order valence-corrected chi connectivity index (χ1v) is 11.8. The molecule has 10 heteroatoms. The van der Waals surface area contributed by atoms with E-state index in [0.29, 0.717) is 33.1 Å². The molecule has 0 radical (unpaired) electrons. The Labute approximate surface area is 187 Å². The molecule has 1 amide bonds. The summed E-state index contributed by atoms with van der Waals surface area (Å²) in [6.45, 7) is 3.31. The number of thiazole rings is 1. The molecule has 2 aliphatic carbocycles. The third-order valence-electron chi connectivity index (χ3n) is 6.62. The van der Waals surface area contributed by atoms with E-state index in [0.717, 1.165) is 49.6 Å². The van der Waals surface area contributed by atoms with Crippen LogP contribution in [0.25, 0.3) is 0 Å². The molecule has 3 aliphatic rings. The van der Waals surface area contributed by atoms with Gasteiger partial charge in [0, 0.05) is 42.6 Å². The maximum atomic E-state index is 12.6. The highest BCUT2D eigenvalue weighted by Crippen LogP contribution is 2.48.